The van der Waals surface area contributed by atoms with E-state index in [1.54, 1.807) is 17.9 Å². The van der Waals surface area contributed by atoms with E-state index < -0.39 is 11.4 Å². The molecular weight excluding hydrogens is 272 g/mol. The summed E-state index contributed by atoms with van der Waals surface area (Å²) in [6.45, 7) is 4.21. The van der Waals surface area contributed by atoms with Gasteiger partial charge in [0.25, 0.3) is 5.91 Å². The van der Waals surface area contributed by atoms with Crippen LogP contribution in [-0.2, 0) is 4.79 Å². The minimum absolute atomic E-state index is 0.185. The summed E-state index contributed by atoms with van der Waals surface area (Å²) in [7, 11) is 0. The van der Waals surface area contributed by atoms with Crippen molar-refractivity contribution < 1.29 is 14.7 Å². The Balaban J connectivity index is 1.87. The molecule has 0 radical (unpaired) electrons. The number of carboxylic acids is 1. The normalized spacial score (nSPS) is 21.9. The second-order valence-electron chi connectivity index (χ2n) is 5.79. The maximum absolute atomic E-state index is 12.5. The van der Waals surface area contributed by atoms with E-state index in [1.807, 2.05) is 6.92 Å². The number of rotatable bonds is 2. The predicted octanol–water partition coefficient (Wildman–Crippen LogP) is 1.20. The third kappa shape index (κ3) is 2.14. The topological polar surface area (TPSA) is 99.2 Å². The lowest BCUT2D eigenvalue weighted by atomic mass is 9.90. The van der Waals surface area contributed by atoms with Crippen molar-refractivity contribution in [2.24, 2.45) is 5.41 Å². The molecule has 1 aliphatic rings. The number of carbonyl (C=O) groups is 2. The van der Waals surface area contributed by atoms with Gasteiger partial charge in [0, 0.05) is 30.4 Å². The number of nitrogens with zero attached hydrogens (tertiary/aromatic N) is 3. The van der Waals surface area contributed by atoms with Crippen LogP contribution in [0.15, 0.2) is 12.3 Å². The van der Waals surface area contributed by atoms with Crippen LogP contribution in [0.1, 0.15) is 29.4 Å². The second kappa shape index (κ2) is 4.54. The van der Waals surface area contributed by atoms with Crippen molar-refractivity contribution in [2.45, 2.75) is 20.3 Å². The molecule has 0 aliphatic carbocycles. The van der Waals surface area contributed by atoms with E-state index in [4.69, 9.17) is 0 Å². The van der Waals surface area contributed by atoms with E-state index in [2.05, 4.69) is 15.2 Å². The Morgan fingerprint density at radius 1 is 1.48 bits per heavy atom. The van der Waals surface area contributed by atoms with E-state index in [9.17, 15) is 14.7 Å². The van der Waals surface area contributed by atoms with E-state index in [0.29, 0.717) is 24.2 Å². The number of aryl methyl sites for hydroxylation is 1. The van der Waals surface area contributed by atoms with Crippen molar-refractivity contribution in [1.82, 2.24) is 20.1 Å². The smallest absolute Gasteiger partial charge is 0.311 e. The van der Waals surface area contributed by atoms with E-state index in [-0.39, 0.29) is 12.5 Å². The number of hydrogen-bond donors (Lipinski definition) is 2. The number of aromatic amines is 1. The van der Waals surface area contributed by atoms with Gasteiger partial charge in [-0.3, -0.25) is 14.7 Å². The molecule has 0 spiro atoms. The third-order valence-electron chi connectivity index (χ3n) is 4.12. The van der Waals surface area contributed by atoms with Crippen molar-refractivity contribution in [2.75, 3.05) is 13.1 Å². The highest BCUT2D eigenvalue weighted by atomic mass is 16.4. The largest absolute Gasteiger partial charge is 0.481 e. The van der Waals surface area contributed by atoms with Gasteiger partial charge in [-0.05, 0) is 26.3 Å². The number of likely N-dealkylation sites (tertiary alicyclic amines) is 1. The van der Waals surface area contributed by atoms with Crippen molar-refractivity contribution >= 4 is 22.9 Å². The average molecular weight is 288 g/mol. The summed E-state index contributed by atoms with van der Waals surface area (Å²) in [5.41, 5.74) is 1.02. The Bertz CT molecular complexity index is 739. The first kappa shape index (κ1) is 13.5. The molecule has 1 saturated heterocycles. The minimum Gasteiger partial charge on any atom is -0.481 e. The molecule has 2 aromatic rings. The highest BCUT2D eigenvalue weighted by Gasteiger charge is 2.42. The highest BCUT2D eigenvalue weighted by Crippen LogP contribution is 2.31. The summed E-state index contributed by atoms with van der Waals surface area (Å²) in [5.74, 6) is -1.05. The van der Waals surface area contributed by atoms with Gasteiger partial charge in [-0.2, -0.15) is 5.10 Å². The van der Waals surface area contributed by atoms with Gasteiger partial charge >= 0.3 is 5.97 Å². The number of aromatic nitrogens is 3. The maximum Gasteiger partial charge on any atom is 0.311 e. The molecule has 21 heavy (non-hydrogen) atoms. The van der Waals surface area contributed by atoms with Crippen LogP contribution in [-0.4, -0.2) is 50.2 Å². The second-order valence-corrected chi connectivity index (χ2v) is 5.79. The predicted molar refractivity (Wildman–Crippen MR) is 74.9 cm³/mol. The fraction of sp³-hybridized carbons (Fsp3) is 0.429. The Hall–Kier alpha value is -2.44. The molecule has 3 heterocycles. The molecule has 1 fully saturated rings. The molecule has 0 bridgehead atoms. The number of aliphatic carboxylic acids is 1. The Labute approximate surface area is 121 Å². The standard InChI is InChI=1S/C14H16N4O3/c1-8-10-5-9(6-15-11(10)17-16-8)12(19)18-4-3-14(2,7-18)13(20)21/h5-6H,3-4,7H2,1-2H3,(H,20,21)(H,15,16,17). The first-order chi connectivity index (χ1) is 9.90. The number of pyridine rings is 1. The zero-order valence-electron chi connectivity index (χ0n) is 11.9. The quantitative estimate of drug-likeness (QED) is 0.865. The molecule has 3 rings (SSSR count). The Morgan fingerprint density at radius 2 is 2.24 bits per heavy atom. The molecule has 0 saturated carbocycles. The van der Waals surface area contributed by atoms with E-state index in [0.717, 1.165) is 11.1 Å². The van der Waals surface area contributed by atoms with Crippen molar-refractivity contribution in [1.29, 1.82) is 0 Å². The van der Waals surface area contributed by atoms with Crippen molar-refractivity contribution in [3.63, 3.8) is 0 Å². The monoisotopic (exact) mass is 288 g/mol. The summed E-state index contributed by atoms with van der Waals surface area (Å²) >= 11 is 0. The lowest BCUT2D eigenvalue weighted by molar-refractivity contribution is -0.147. The highest BCUT2D eigenvalue weighted by molar-refractivity contribution is 5.97. The molecular formula is C14H16N4O3. The molecule has 1 aliphatic heterocycles. The fourth-order valence-electron chi connectivity index (χ4n) is 2.63. The van der Waals surface area contributed by atoms with Crippen LogP contribution < -0.4 is 0 Å². The summed E-state index contributed by atoms with van der Waals surface area (Å²) in [6, 6.07) is 1.75. The Kier molecular flexibility index (Phi) is 2.93. The van der Waals surface area contributed by atoms with Crippen molar-refractivity contribution in [3.05, 3.63) is 23.5 Å². The zero-order chi connectivity index (χ0) is 15.2. The van der Waals surface area contributed by atoms with Gasteiger partial charge in [-0.15, -0.1) is 0 Å². The number of carboxylic acid groups (broad SMARTS) is 1. The number of nitrogens with one attached hydrogen (secondary N) is 1. The van der Waals surface area contributed by atoms with E-state index >= 15 is 0 Å². The molecule has 1 amide bonds. The van der Waals surface area contributed by atoms with Gasteiger partial charge in [0.15, 0.2) is 5.65 Å². The van der Waals surface area contributed by atoms with Gasteiger partial charge in [-0.1, -0.05) is 0 Å². The lowest BCUT2D eigenvalue weighted by Crippen LogP contribution is -2.34. The molecule has 0 aromatic carbocycles. The van der Waals surface area contributed by atoms with Gasteiger partial charge in [0.05, 0.1) is 11.0 Å². The molecule has 7 heteroatoms. The van der Waals surface area contributed by atoms with Crippen LogP contribution in [0, 0.1) is 12.3 Å². The number of hydrogen-bond acceptors (Lipinski definition) is 4. The van der Waals surface area contributed by atoms with Gasteiger partial charge in [0.2, 0.25) is 0 Å². The number of H-pyrrole nitrogens is 1. The van der Waals surface area contributed by atoms with Crippen LogP contribution in [0.5, 0.6) is 0 Å². The first-order valence-electron chi connectivity index (χ1n) is 6.74. The zero-order valence-corrected chi connectivity index (χ0v) is 11.9. The summed E-state index contributed by atoms with van der Waals surface area (Å²) < 4.78 is 0. The molecule has 2 aromatic heterocycles. The summed E-state index contributed by atoms with van der Waals surface area (Å²) in [6.07, 6.45) is 1.95. The number of carbonyl (C=O) groups excluding carboxylic acids is 1. The van der Waals surface area contributed by atoms with Crippen LogP contribution in [0.3, 0.4) is 0 Å². The minimum atomic E-state index is -0.864. The van der Waals surface area contributed by atoms with Gasteiger partial charge in [-0.25, -0.2) is 4.98 Å². The summed E-state index contributed by atoms with van der Waals surface area (Å²) in [4.78, 5) is 29.5. The molecule has 1 unspecified atom stereocenters. The molecule has 110 valence electrons. The maximum atomic E-state index is 12.5. The van der Waals surface area contributed by atoms with Crippen LogP contribution in [0.25, 0.3) is 11.0 Å². The molecule has 1 atom stereocenters. The third-order valence-corrected chi connectivity index (χ3v) is 4.12. The molecule has 2 N–H and O–H groups in total. The fourth-order valence-corrected chi connectivity index (χ4v) is 2.63. The van der Waals surface area contributed by atoms with Gasteiger partial charge in [0.1, 0.15) is 0 Å². The van der Waals surface area contributed by atoms with Crippen LogP contribution in [0.2, 0.25) is 0 Å². The van der Waals surface area contributed by atoms with Crippen LogP contribution >= 0.6 is 0 Å². The summed E-state index contributed by atoms with van der Waals surface area (Å²) in [5, 5.41) is 16.9. The SMILES string of the molecule is Cc1[nH]nc2ncc(C(=O)N3CCC(C)(C(=O)O)C3)cc12. The number of amides is 1. The lowest BCUT2D eigenvalue weighted by Gasteiger charge is -2.20. The van der Waals surface area contributed by atoms with Crippen molar-refractivity contribution in [3.8, 4) is 0 Å². The molecule has 7 nitrogen and oxygen atoms in total. The van der Waals surface area contributed by atoms with E-state index in [1.165, 1.54) is 6.20 Å². The first-order valence-corrected chi connectivity index (χ1v) is 6.74. The Morgan fingerprint density at radius 3 is 2.90 bits per heavy atom. The number of fused-ring (bicyclic) bond motifs is 1. The van der Waals surface area contributed by atoms with Gasteiger partial charge < -0.3 is 10.0 Å². The average Bonchev–Trinajstić information content (AvgIpc) is 3.03. The van der Waals surface area contributed by atoms with Crippen LogP contribution in [0.4, 0.5) is 0 Å².